The number of fused-ring (bicyclic) bond motifs is 1. The maximum Gasteiger partial charge on any atom is 0.0528 e. The van der Waals surface area contributed by atoms with Gasteiger partial charge in [0, 0.05) is 15.8 Å². The normalized spacial score (nSPS) is 20.7. The summed E-state index contributed by atoms with van der Waals surface area (Å²) < 4.78 is 1.17. The van der Waals surface area contributed by atoms with Gasteiger partial charge in [-0.3, -0.25) is 0 Å². The van der Waals surface area contributed by atoms with E-state index in [1.807, 2.05) is 0 Å². The minimum Gasteiger partial charge on any atom is -0.384 e. The molecule has 0 radical (unpaired) electrons. The summed E-state index contributed by atoms with van der Waals surface area (Å²) in [5, 5.41) is 3.41. The molecule has 1 aromatic carbocycles. The third kappa shape index (κ3) is 1.77. The van der Waals surface area contributed by atoms with Gasteiger partial charge in [-0.25, -0.2) is 0 Å². The van der Waals surface area contributed by atoms with Crippen molar-refractivity contribution in [3.8, 4) is 0 Å². The minimum absolute atomic E-state index is 0.500. The predicted octanol–water partition coefficient (Wildman–Crippen LogP) is 4.01. The molecule has 0 bridgehead atoms. The molecule has 1 nitrogen and oxygen atoms in total. The molecule has 0 fully saturated rings. The lowest BCUT2D eigenvalue weighted by Crippen LogP contribution is -2.14. The molecule has 1 aromatic rings. The van der Waals surface area contributed by atoms with E-state index in [9.17, 15) is 0 Å². The van der Waals surface area contributed by atoms with Crippen molar-refractivity contribution in [1.29, 1.82) is 0 Å². The number of aryl methyl sites for hydroxylation is 1. The van der Waals surface area contributed by atoms with Crippen LogP contribution in [0.2, 0.25) is 0 Å². The SMILES string of the molecule is Cc1cc(Br)c2c(c1)C(Br)CCN2. The second kappa shape index (κ2) is 3.62. The standard InChI is InChI=1S/C10H11Br2N/c1-6-4-7-8(11)2-3-13-10(7)9(12)5-6/h4-5,8,13H,2-3H2,1H3. The van der Waals surface area contributed by atoms with Crippen LogP contribution in [0.5, 0.6) is 0 Å². The Balaban J connectivity index is 2.56. The molecule has 0 spiro atoms. The van der Waals surface area contributed by atoms with Crippen LogP contribution < -0.4 is 5.32 Å². The van der Waals surface area contributed by atoms with E-state index >= 15 is 0 Å². The van der Waals surface area contributed by atoms with E-state index in [0.29, 0.717) is 4.83 Å². The molecule has 1 unspecified atom stereocenters. The second-order valence-electron chi connectivity index (χ2n) is 3.39. The quantitative estimate of drug-likeness (QED) is 0.714. The Kier molecular flexibility index (Phi) is 2.65. The van der Waals surface area contributed by atoms with E-state index in [4.69, 9.17) is 0 Å². The molecule has 3 heteroatoms. The van der Waals surface area contributed by atoms with Crippen LogP contribution >= 0.6 is 31.9 Å². The number of hydrogen-bond acceptors (Lipinski definition) is 1. The maximum absolute atomic E-state index is 3.69. The molecule has 13 heavy (non-hydrogen) atoms. The molecular formula is C10H11Br2N. The highest BCUT2D eigenvalue weighted by Crippen LogP contribution is 2.40. The molecular weight excluding hydrogens is 294 g/mol. The van der Waals surface area contributed by atoms with Crippen LogP contribution in [0.3, 0.4) is 0 Å². The van der Waals surface area contributed by atoms with Gasteiger partial charge in [0.15, 0.2) is 0 Å². The summed E-state index contributed by atoms with van der Waals surface area (Å²) in [6.07, 6.45) is 1.16. The maximum atomic E-state index is 3.69. The number of benzene rings is 1. The lowest BCUT2D eigenvalue weighted by atomic mass is 10.0. The first-order valence-corrected chi connectivity index (χ1v) is 6.07. The molecule has 1 aliphatic heterocycles. The Hall–Kier alpha value is -0.0200. The van der Waals surface area contributed by atoms with E-state index in [1.165, 1.54) is 21.3 Å². The van der Waals surface area contributed by atoms with Gasteiger partial charge in [-0.2, -0.15) is 0 Å². The Morgan fingerprint density at radius 2 is 2.23 bits per heavy atom. The summed E-state index contributed by atoms with van der Waals surface area (Å²) in [6.45, 7) is 3.17. The van der Waals surface area contributed by atoms with Crippen molar-refractivity contribution in [3.63, 3.8) is 0 Å². The number of hydrogen-bond donors (Lipinski definition) is 1. The van der Waals surface area contributed by atoms with Crippen LogP contribution in [0.1, 0.15) is 22.4 Å². The first kappa shape index (κ1) is 9.53. The molecule has 1 heterocycles. The van der Waals surface area contributed by atoms with Crippen LogP contribution in [0.15, 0.2) is 16.6 Å². The van der Waals surface area contributed by atoms with Gasteiger partial charge in [0.1, 0.15) is 0 Å². The fraction of sp³-hybridized carbons (Fsp3) is 0.400. The summed E-state index contributed by atoms with van der Waals surface area (Å²) >= 11 is 7.27. The average molecular weight is 305 g/mol. The Bertz CT molecular complexity index is 336. The number of nitrogens with one attached hydrogen (secondary N) is 1. The Labute approximate surface area is 95.2 Å². The van der Waals surface area contributed by atoms with Crippen molar-refractivity contribution in [2.24, 2.45) is 0 Å². The third-order valence-corrected chi connectivity index (χ3v) is 3.88. The van der Waals surface area contributed by atoms with Crippen molar-refractivity contribution >= 4 is 37.5 Å². The second-order valence-corrected chi connectivity index (χ2v) is 5.35. The largest absolute Gasteiger partial charge is 0.384 e. The Morgan fingerprint density at radius 1 is 1.46 bits per heavy atom. The lowest BCUT2D eigenvalue weighted by Gasteiger charge is -2.24. The third-order valence-electron chi connectivity index (χ3n) is 2.30. The van der Waals surface area contributed by atoms with Crippen LogP contribution in [0.25, 0.3) is 0 Å². The summed E-state index contributed by atoms with van der Waals surface area (Å²) in [6, 6.07) is 4.39. The van der Waals surface area contributed by atoms with Gasteiger partial charge in [0.2, 0.25) is 0 Å². The predicted molar refractivity (Wildman–Crippen MR) is 63.7 cm³/mol. The van der Waals surface area contributed by atoms with Crippen LogP contribution in [-0.4, -0.2) is 6.54 Å². The highest BCUT2D eigenvalue weighted by Gasteiger charge is 2.19. The summed E-state index contributed by atoms with van der Waals surface area (Å²) in [5.41, 5.74) is 3.93. The van der Waals surface area contributed by atoms with E-state index < -0.39 is 0 Å². The fourth-order valence-corrected chi connectivity index (χ4v) is 3.00. The molecule has 0 aliphatic carbocycles. The van der Waals surface area contributed by atoms with Crippen LogP contribution in [0.4, 0.5) is 5.69 Å². The topological polar surface area (TPSA) is 12.0 Å². The summed E-state index contributed by atoms with van der Waals surface area (Å²) in [4.78, 5) is 0.500. The molecule has 0 saturated heterocycles. The zero-order valence-electron chi connectivity index (χ0n) is 7.40. The molecule has 70 valence electrons. The minimum atomic E-state index is 0.500. The van der Waals surface area contributed by atoms with Gasteiger partial charge in [-0.1, -0.05) is 22.0 Å². The summed E-state index contributed by atoms with van der Waals surface area (Å²) in [7, 11) is 0. The van der Waals surface area contributed by atoms with Crippen molar-refractivity contribution in [2.45, 2.75) is 18.2 Å². The zero-order chi connectivity index (χ0) is 9.42. The molecule has 0 amide bonds. The van der Waals surface area contributed by atoms with Gasteiger partial charge in [0.25, 0.3) is 0 Å². The van der Waals surface area contributed by atoms with Gasteiger partial charge in [-0.05, 0) is 46.5 Å². The molecule has 1 atom stereocenters. The van der Waals surface area contributed by atoms with Crippen molar-refractivity contribution in [3.05, 3.63) is 27.7 Å². The van der Waals surface area contributed by atoms with Gasteiger partial charge >= 0.3 is 0 Å². The molecule has 1 aliphatic rings. The molecule has 2 rings (SSSR count). The molecule has 0 aromatic heterocycles. The van der Waals surface area contributed by atoms with E-state index in [1.54, 1.807) is 0 Å². The van der Waals surface area contributed by atoms with Crippen molar-refractivity contribution in [2.75, 3.05) is 11.9 Å². The fourth-order valence-electron chi connectivity index (χ4n) is 1.68. The van der Waals surface area contributed by atoms with Crippen LogP contribution in [0, 0.1) is 6.92 Å². The van der Waals surface area contributed by atoms with E-state index in [-0.39, 0.29) is 0 Å². The first-order chi connectivity index (χ1) is 6.18. The zero-order valence-corrected chi connectivity index (χ0v) is 10.6. The first-order valence-electron chi connectivity index (χ1n) is 4.36. The number of rotatable bonds is 0. The molecule has 0 saturated carbocycles. The number of halogens is 2. The smallest absolute Gasteiger partial charge is 0.0528 e. The van der Waals surface area contributed by atoms with Crippen LogP contribution in [-0.2, 0) is 0 Å². The molecule has 1 N–H and O–H groups in total. The Morgan fingerprint density at radius 3 is 3.00 bits per heavy atom. The highest BCUT2D eigenvalue weighted by molar-refractivity contribution is 9.10. The average Bonchev–Trinajstić information content (AvgIpc) is 2.07. The monoisotopic (exact) mass is 303 g/mol. The van der Waals surface area contributed by atoms with Gasteiger partial charge < -0.3 is 5.32 Å². The lowest BCUT2D eigenvalue weighted by molar-refractivity contribution is 0.820. The summed E-state index contributed by atoms with van der Waals surface area (Å²) in [5.74, 6) is 0. The number of alkyl halides is 1. The van der Waals surface area contributed by atoms with E-state index in [0.717, 1.165) is 13.0 Å². The van der Waals surface area contributed by atoms with Crippen molar-refractivity contribution in [1.82, 2.24) is 0 Å². The van der Waals surface area contributed by atoms with Crippen molar-refractivity contribution < 1.29 is 0 Å². The van der Waals surface area contributed by atoms with Gasteiger partial charge in [0.05, 0.1) is 5.69 Å². The van der Waals surface area contributed by atoms with Gasteiger partial charge in [-0.15, -0.1) is 0 Å². The van der Waals surface area contributed by atoms with E-state index in [2.05, 4.69) is 56.2 Å². The highest BCUT2D eigenvalue weighted by atomic mass is 79.9. The number of anilines is 1.